The Labute approximate surface area is 194 Å². The number of fused-ring (bicyclic) bond motifs is 2. The summed E-state index contributed by atoms with van der Waals surface area (Å²) in [5.74, 6) is 0.872. The van der Waals surface area contributed by atoms with Gasteiger partial charge in [-0.15, -0.1) is 0 Å². The molecule has 0 unspecified atom stereocenters. The molecule has 1 fully saturated rings. The Morgan fingerprint density at radius 1 is 1.12 bits per heavy atom. The third-order valence-electron chi connectivity index (χ3n) is 6.36. The number of ether oxygens (including phenoxy) is 2. The van der Waals surface area contributed by atoms with E-state index in [0.717, 1.165) is 10.9 Å². The summed E-state index contributed by atoms with van der Waals surface area (Å²) in [7, 11) is 0. The first-order valence-corrected chi connectivity index (χ1v) is 11.2. The molecule has 3 heterocycles. The van der Waals surface area contributed by atoms with Crippen molar-refractivity contribution in [1.29, 1.82) is 0 Å². The normalized spacial score (nSPS) is 17.0. The van der Waals surface area contributed by atoms with Gasteiger partial charge in [0.1, 0.15) is 22.7 Å². The number of piperidine rings is 1. The lowest BCUT2D eigenvalue weighted by Crippen LogP contribution is -2.53. The second-order valence-corrected chi connectivity index (χ2v) is 9.04. The molecular formula is C25H22ClNO6. The van der Waals surface area contributed by atoms with Gasteiger partial charge in [0.05, 0.1) is 12.0 Å². The number of carbonyl (C=O) groups is 2. The average molecular weight is 468 g/mol. The minimum absolute atomic E-state index is 0.0139. The Balaban J connectivity index is 1.21. The number of carbonyl (C=O) groups excluding carboxylic acids is 2. The number of hydrogen-bond donors (Lipinski definition) is 0. The number of hydrogen-bond acceptors (Lipinski definition) is 6. The molecule has 0 atom stereocenters. The zero-order chi connectivity index (χ0) is 23.2. The lowest BCUT2D eigenvalue weighted by molar-refractivity contribution is -0.136. The van der Waals surface area contributed by atoms with Crippen molar-refractivity contribution in [2.45, 2.75) is 31.8 Å². The number of amides is 1. The van der Waals surface area contributed by atoms with E-state index in [1.807, 2.05) is 6.92 Å². The number of aryl methyl sites for hydroxylation is 1. The van der Waals surface area contributed by atoms with Crippen LogP contribution in [0, 0.1) is 6.92 Å². The molecule has 2 aromatic carbocycles. The second-order valence-electron chi connectivity index (χ2n) is 8.60. The standard InChI is InChI=1S/C25H22ClNO6/c1-15-10-24(30)32-22-12-17(3-4-18(15)22)31-14-23(29)27-8-6-25(7-9-27)13-20(28)19-11-16(26)2-5-21(19)33-25/h2-5,10-12H,6-9,13-14H2,1H3. The number of Topliss-reactive ketones (excluding diaryl/α,β-unsaturated/α-hetero) is 1. The highest BCUT2D eigenvalue weighted by atomic mass is 35.5. The number of benzene rings is 2. The summed E-state index contributed by atoms with van der Waals surface area (Å²) in [6.07, 6.45) is 1.40. The first-order valence-electron chi connectivity index (χ1n) is 10.8. The van der Waals surface area contributed by atoms with Crippen LogP contribution in [0.4, 0.5) is 0 Å². The Bertz CT molecular complexity index is 1320. The molecule has 1 spiro atoms. The van der Waals surface area contributed by atoms with Crippen molar-refractivity contribution >= 4 is 34.3 Å². The first kappa shape index (κ1) is 21.5. The van der Waals surface area contributed by atoms with Crippen LogP contribution in [0.1, 0.15) is 35.2 Å². The fourth-order valence-electron chi connectivity index (χ4n) is 4.54. The number of ketones is 1. The molecule has 0 radical (unpaired) electrons. The zero-order valence-corrected chi connectivity index (χ0v) is 18.8. The van der Waals surface area contributed by atoms with Crippen LogP contribution in [0.15, 0.2) is 51.7 Å². The molecule has 1 aromatic heterocycles. The van der Waals surface area contributed by atoms with Gasteiger partial charge in [-0.2, -0.15) is 0 Å². The molecule has 170 valence electrons. The van der Waals surface area contributed by atoms with Gasteiger partial charge in [-0.25, -0.2) is 4.79 Å². The van der Waals surface area contributed by atoms with E-state index in [9.17, 15) is 14.4 Å². The van der Waals surface area contributed by atoms with Gasteiger partial charge in [0.15, 0.2) is 12.4 Å². The van der Waals surface area contributed by atoms with Gasteiger partial charge < -0.3 is 18.8 Å². The summed E-state index contributed by atoms with van der Waals surface area (Å²) < 4.78 is 17.1. The molecule has 3 aromatic rings. The van der Waals surface area contributed by atoms with Crippen molar-refractivity contribution in [3.63, 3.8) is 0 Å². The van der Waals surface area contributed by atoms with Crippen LogP contribution in [0.3, 0.4) is 0 Å². The summed E-state index contributed by atoms with van der Waals surface area (Å²) in [5.41, 5.74) is 0.736. The van der Waals surface area contributed by atoms with Crippen molar-refractivity contribution in [3.05, 3.63) is 69.0 Å². The summed E-state index contributed by atoms with van der Waals surface area (Å²) in [6, 6.07) is 11.7. The van der Waals surface area contributed by atoms with Crippen LogP contribution in [-0.4, -0.2) is 41.9 Å². The van der Waals surface area contributed by atoms with E-state index in [-0.39, 0.29) is 24.7 Å². The molecule has 0 saturated carbocycles. The molecule has 0 bridgehead atoms. The third kappa shape index (κ3) is 4.20. The molecule has 0 aliphatic carbocycles. The van der Waals surface area contributed by atoms with Gasteiger partial charge in [0, 0.05) is 48.5 Å². The Morgan fingerprint density at radius 3 is 2.70 bits per heavy atom. The van der Waals surface area contributed by atoms with E-state index < -0.39 is 11.2 Å². The highest BCUT2D eigenvalue weighted by molar-refractivity contribution is 6.31. The quantitative estimate of drug-likeness (QED) is 0.538. The van der Waals surface area contributed by atoms with Gasteiger partial charge in [0.25, 0.3) is 5.91 Å². The first-order chi connectivity index (χ1) is 15.8. The second kappa shape index (κ2) is 8.23. The van der Waals surface area contributed by atoms with Crippen molar-refractivity contribution in [3.8, 4) is 11.5 Å². The largest absolute Gasteiger partial charge is 0.486 e. The minimum atomic E-state index is -0.594. The Morgan fingerprint density at radius 2 is 1.91 bits per heavy atom. The van der Waals surface area contributed by atoms with Gasteiger partial charge in [-0.3, -0.25) is 9.59 Å². The predicted octanol–water partition coefficient (Wildman–Crippen LogP) is 4.16. The van der Waals surface area contributed by atoms with Crippen molar-refractivity contribution in [2.24, 2.45) is 0 Å². The SMILES string of the molecule is Cc1cc(=O)oc2cc(OCC(=O)N3CCC4(CC3)CC(=O)c3cc(Cl)ccc3O4)ccc12. The van der Waals surface area contributed by atoms with Crippen molar-refractivity contribution in [2.75, 3.05) is 19.7 Å². The topological polar surface area (TPSA) is 86.0 Å². The Hall–Kier alpha value is -3.32. The molecule has 1 amide bonds. The number of halogens is 1. The summed E-state index contributed by atoms with van der Waals surface area (Å²) in [4.78, 5) is 38.7. The van der Waals surface area contributed by atoms with E-state index in [2.05, 4.69) is 0 Å². The van der Waals surface area contributed by atoms with E-state index in [1.54, 1.807) is 41.3 Å². The maximum absolute atomic E-state index is 12.7. The fraction of sp³-hybridized carbons (Fsp3) is 0.320. The molecule has 2 aliphatic rings. The molecule has 8 heteroatoms. The zero-order valence-electron chi connectivity index (χ0n) is 18.1. The van der Waals surface area contributed by atoms with E-state index in [1.165, 1.54) is 6.07 Å². The minimum Gasteiger partial charge on any atom is -0.486 e. The van der Waals surface area contributed by atoms with Crippen LogP contribution in [0.25, 0.3) is 11.0 Å². The molecule has 2 aliphatic heterocycles. The number of rotatable bonds is 3. The van der Waals surface area contributed by atoms with E-state index >= 15 is 0 Å². The highest BCUT2D eigenvalue weighted by Crippen LogP contribution is 2.40. The van der Waals surface area contributed by atoms with E-state index in [4.69, 9.17) is 25.5 Å². The Kier molecular flexibility index (Phi) is 5.37. The lowest BCUT2D eigenvalue weighted by Gasteiger charge is -2.43. The van der Waals surface area contributed by atoms with Gasteiger partial charge in [0.2, 0.25) is 0 Å². The average Bonchev–Trinajstić information content (AvgIpc) is 2.78. The van der Waals surface area contributed by atoms with Crippen LogP contribution in [0.5, 0.6) is 11.5 Å². The van der Waals surface area contributed by atoms with Gasteiger partial charge in [-0.1, -0.05) is 11.6 Å². The molecule has 1 saturated heterocycles. The van der Waals surface area contributed by atoms with Crippen molar-refractivity contribution in [1.82, 2.24) is 4.90 Å². The monoisotopic (exact) mass is 467 g/mol. The summed E-state index contributed by atoms with van der Waals surface area (Å²) in [5, 5.41) is 1.33. The molecular weight excluding hydrogens is 446 g/mol. The third-order valence-corrected chi connectivity index (χ3v) is 6.60. The van der Waals surface area contributed by atoms with Crippen LogP contribution in [-0.2, 0) is 4.79 Å². The molecule has 7 nitrogen and oxygen atoms in total. The smallest absolute Gasteiger partial charge is 0.336 e. The van der Waals surface area contributed by atoms with E-state index in [0.29, 0.717) is 53.6 Å². The van der Waals surface area contributed by atoms with Crippen LogP contribution in [0.2, 0.25) is 5.02 Å². The molecule has 5 rings (SSSR count). The maximum Gasteiger partial charge on any atom is 0.336 e. The fourth-order valence-corrected chi connectivity index (χ4v) is 4.71. The van der Waals surface area contributed by atoms with Crippen LogP contribution >= 0.6 is 11.6 Å². The highest BCUT2D eigenvalue weighted by Gasteiger charge is 2.43. The van der Waals surface area contributed by atoms with Gasteiger partial charge >= 0.3 is 5.63 Å². The summed E-state index contributed by atoms with van der Waals surface area (Å²) in [6.45, 7) is 2.66. The lowest BCUT2D eigenvalue weighted by atomic mass is 9.82. The van der Waals surface area contributed by atoms with Crippen molar-refractivity contribution < 1.29 is 23.5 Å². The number of nitrogens with zero attached hydrogens (tertiary/aromatic N) is 1. The van der Waals surface area contributed by atoms with Gasteiger partial charge in [-0.05, 0) is 42.8 Å². The number of likely N-dealkylation sites (tertiary alicyclic amines) is 1. The van der Waals surface area contributed by atoms with Crippen LogP contribution < -0.4 is 15.1 Å². The summed E-state index contributed by atoms with van der Waals surface area (Å²) >= 11 is 6.01. The predicted molar refractivity (Wildman–Crippen MR) is 122 cm³/mol. The maximum atomic E-state index is 12.7. The molecule has 0 N–H and O–H groups in total. The molecule has 33 heavy (non-hydrogen) atoms.